The van der Waals surface area contributed by atoms with Crippen molar-refractivity contribution < 1.29 is 31.5 Å². The number of sulfonamides is 1. The number of nitrogens with zero attached hydrogens (tertiary/aromatic N) is 1. The van der Waals surface area contributed by atoms with Gasteiger partial charge in [0.2, 0.25) is 10.0 Å². The second-order valence-electron chi connectivity index (χ2n) is 8.28. The third-order valence-corrected chi connectivity index (χ3v) is 6.34. The molecule has 3 rings (SSSR count). The van der Waals surface area contributed by atoms with Crippen molar-refractivity contribution in [1.29, 1.82) is 0 Å². The van der Waals surface area contributed by atoms with Crippen LogP contribution >= 0.6 is 0 Å². The molecule has 7 nitrogen and oxygen atoms in total. The van der Waals surface area contributed by atoms with Gasteiger partial charge in [0.05, 0.1) is 24.7 Å². The number of benzene rings is 2. The molecule has 0 N–H and O–H groups in total. The minimum atomic E-state index is -3.67. The van der Waals surface area contributed by atoms with E-state index in [9.17, 15) is 17.6 Å². The summed E-state index contributed by atoms with van der Waals surface area (Å²) in [6.45, 7) is 9.38. The summed E-state index contributed by atoms with van der Waals surface area (Å²) < 4.78 is 57.6. The molecule has 0 unspecified atom stereocenters. The number of hydrogen-bond donors (Lipinski definition) is 0. The summed E-state index contributed by atoms with van der Waals surface area (Å²) in [5.41, 5.74) is 1.21. The Hall–Kier alpha value is -3.33. The molecule has 1 aromatic heterocycles. The van der Waals surface area contributed by atoms with Gasteiger partial charge in [-0.15, -0.1) is 6.58 Å². The lowest BCUT2D eigenvalue weighted by atomic mass is 10.0. The van der Waals surface area contributed by atoms with Crippen LogP contribution in [0.4, 0.5) is 10.1 Å². The number of halogens is 1. The van der Waals surface area contributed by atoms with Crippen molar-refractivity contribution in [3.8, 4) is 17.1 Å². The van der Waals surface area contributed by atoms with E-state index in [2.05, 4.69) is 6.58 Å². The molecule has 188 valence electrons. The van der Waals surface area contributed by atoms with Crippen LogP contribution in [0.25, 0.3) is 22.3 Å². The van der Waals surface area contributed by atoms with Crippen LogP contribution < -0.4 is 9.04 Å². The third-order valence-electron chi connectivity index (χ3n) is 5.16. The van der Waals surface area contributed by atoms with E-state index in [1.807, 2.05) is 13.8 Å². The van der Waals surface area contributed by atoms with Crippen molar-refractivity contribution in [1.82, 2.24) is 0 Å². The number of anilines is 1. The smallest absolute Gasteiger partial charge is 0.342 e. The van der Waals surface area contributed by atoms with E-state index < -0.39 is 21.8 Å². The van der Waals surface area contributed by atoms with Crippen LogP contribution in [0.1, 0.15) is 44.0 Å². The minimum absolute atomic E-state index is 0.146. The Kier molecular flexibility index (Phi) is 8.22. The van der Waals surface area contributed by atoms with Gasteiger partial charge in [0, 0.05) is 23.6 Å². The molecule has 0 saturated carbocycles. The lowest BCUT2D eigenvalue weighted by Crippen LogP contribution is -2.31. The van der Waals surface area contributed by atoms with E-state index in [4.69, 9.17) is 13.9 Å². The van der Waals surface area contributed by atoms with Crippen molar-refractivity contribution in [2.75, 3.05) is 23.7 Å². The van der Waals surface area contributed by atoms with Crippen molar-refractivity contribution in [3.63, 3.8) is 0 Å². The summed E-state index contributed by atoms with van der Waals surface area (Å²) in [6, 6.07) is 8.68. The van der Waals surface area contributed by atoms with Gasteiger partial charge in [-0.25, -0.2) is 17.6 Å². The average Bonchev–Trinajstić information content (AvgIpc) is 3.14. The van der Waals surface area contributed by atoms with E-state index >= 15 is 0 Å². The van der Waals surface area contributed by atoms with E-state index in [1.54, 1.807) is 25.1 Å². The van der Waals surface area contributed by atoms with Gasteiger partial charge in [-0.2, -0.15) is 0 Å². The fourth-order valence-electron chi connectivity index (χ4n) is 3.71. The highest BCUT2D eigenvalue weighted by atomic mass is 32.2. The molecule has 0 radical (unpaired) electrons. The number of allylic oxidation sites excluding steroid dienone is 1. The summed E-state index contributed by atoms with van der Waals surface area (Å²) in [4.78, 5) is 13.0. The highest BCUT2D eigenvalue weighted by Gasteiger charge is 2.28. The Balaban J connectivity index is 2.31. The normalized spacial score (nSPS) is 11.6. The van der Waals surface area contributed by atoms with Crippen molar-refractivity contribution in [3.05, 3.63) is 60.4 Å². The van der Waals surface area contributed by atoms with E-state index in [0.717, 1.165) is 6.26 Å². The lowest BCUT2D eigenvalue weighted by molar-refractivity contribution is 0.0528. The molecule has 0 bridgehead atoms. The van der Waals surface area contributed by atoms with Gasteiger partial charge in [-0.3, -0.25) is 4.31 Å². The molecule has 2 aromatic carbocycles. The third kappa shape index (κ3) is 6.03. The standard InChI is InChI=1S/C26H30FNO6S/c1-6-8-9-14-28(35(5,30)31)21-16-22-20(15-23(21)33-17(3)4)24(26(29)32-7-2)25(34-22)18-10-12-19(27)13-11-18/h6,10-13,15-17H,1,7-9,14H2,2-5H3. The Morgan fingerprint density at radius 1 is 1.23 bits per heavy atom. The molecule has 0 amide bonds. The number of carbonyl (C=O) groups excluding carboxylic acids is 1. The van der Waals surface area contributed by atoms with Crippen LogP contribution in [-0.2, 0) is 14.8 Å². The summed E-state index contributed by atoms with van der Waals surface area (Å²) in [7, 11) is -3.67. The van der Waals surface area contributed by atoms with Gasteiger partial charge in [0.25, 0.3) is 0 Å². The van der Waals surface area contributed by atoms with Gasteiger partial charge in [-0.05, 0) is 63.9 Å². The first-order valence-corrected chi connectivity index (χ1v) is 13.2. The van der Waals surface area contributed by atoms with Gasteiger partial charge < -0.3 is 13.9 Å². The van der Waals surface area contributed by atoms with Gasteiger partial charge >= 0.3 is 5.97 Å². The molecular weight excluding hydrogens is 473 g/mol. The van der Waals surface area contributed by atoms with Crippen LogP contribution in [0.2, 0.25) is 0 Å². The Morgan fingerprint density at radius 2 is 1.91 bits per heavy atom. The zero-order valence-corrected chi connectivity index (χ0v) is 21.2. The number of hydrogen-bond acceptors (Lipinski definition) is 6. The zero-order chi connectivity index (χ0) is 25.8. The first-order valence-electron chi connectivity index (χ1n) is 11.4. The molecule has 0 aliphatic rings. The van der Waals surface area contributed by atoms with Gasteiger partial charge in [0.1, 0.15) is 28.5 Å². The van der Waals surface area contributed by atoms with Crippen LogP contribution in [0.5, 0.6) is 5.75 Å². The fraction of sp³-hybridized carbons (Fsp3) is 0.346. The SMILES string of the molecule is C=CCCCN(c1cc2oc(-c3ccc(F)cc3)c(C(=O)OCC)c2cc1OC(C)C)S(C)(=O)=O. The maximum atomic E-state index is 13.5. The second kappa shape index (κ2) is 10.9. The first kappa shape index (κ1) is 26.3. The lowest BCUT2D eigenvalue weighted by Gasteiger charge is -2.25. The van der Waals surface area contributed by atoms with Crippen LogP contribution in [0, 0.1) is 5.82 Å². The number of esters is 1. The van der Waals surface area contributed by atoms with E-state index in [1.165, 1.54) is 28.6 Å². The topological polar surface area (TPSA) is 86.1 Å². The first-order chi connectivity index (χ1) is 16.6. The maximum absolute atomic E-state index is 13.5. The monoisotopic (exact) mass is 503 g/mol. The molecule has 0 saturated heterocycles. The molecular formula is C26H30FNO6S. The summed E-state index contributed by atoms with van der Waals surface area (Å²) >= 11 is 0. The number of carbonyl (C=O) groups is 1. The molecule has 0 spiro atoms. The molecule has 0 atom stereocenters. The quantitative estimate of drug-likeness (QED) is 0.183. The Labute approximate surface area is 205 Å². The van der Waals surface area contributed by atoms with Crippen molar-refractivity contribution in [2.45, 2.75) is 39.7 Å². The average molecular weight is 504 g/mol. The van der Waals surface area contributed by atoms with Gasteiger partial charge in [-0.1, -0.05) is 6.08 Å². The number of rotatable bonds is 11. The molecule has 0 aliphatic heterocycles. The van der Waals surface area contributed by atoms with Gasteiger partial charge in [0.15, 0.2) is 0 Å². The van der Waals surface area contributed by atoms with Crippen molar-refractivity contribution >= 4 is 32.6 Å². The minimum Gasteiger partial charge on any atom is -0.489 e. The molecule has 0 aliphatic carbocycles. The summed E-state index contributed by atoms with van der Waals surface area (Å²) in [5.74, 6) is -0.558. The Bertz CT molecular complexity index is 1310. The van der Waals surface area contributed by atoms with Crippen molar-refractivity contribution in [2.24, 2.45) is 0 Å². The number of fused-ring (bicyclic) bond motifs is 1. The fourth-order valence-corrected chi connectivity index (χ4v) is 4.67. The van der Waals surface area contributed by atoms with Crippen LogP contribution in [-0.4, -0.2) is 39.9 Å². The number of furan rings is 1. The molecule has 1 heterocycles. The highest BCUT2D eigenvalue weighted by molar-refractivity contribution is 7.92. The number of unbranched alkanes of at least 4 members (excludes halogenated alkanes) is 1. The van der Waals surface area contributed by atoms with Crippen LogP contribution in [0.15, 0.2) is 53.5 Å². The maximum Gasteiger partial charge on any atom is 0.342 e. The number of ether oxygens (including phenoxy) is 2. The van der Waals surface area contributed by atoms with Crippen LogP contribution in [0.3, 0.4) is 0 Å². The van der Waals surface area contributed by atoms with E-state index in [-0.39, 0.29) is 41.9 Å². The Morgan fingerprint density at radius 3 is 2.49 bits per heavy atom. The molecule has 3 aromatic rings. The second-order valence-corrected chi connectivity index (χ2v) is 10.2. The summed E-state index contributed by atoms with van der Waals surface area (Å²) in [6.07, 6.45) is 3.78. The highest BCUT2D eigenvalue weighted by Crippen LogP contribution is 2.41. The molecule has 35 heavy (non-hydrogen) atoms. The zero-order valence-electron chi connectivity index (χ0n) is 20.3. The largest absolute Gasteiger partial charge is 0.489 e. The predicted octanol–water partition coefficient (Wildman–Crippen LogP) is 5.94. The molecule has 9 heteroatoms. The predicted molar refractivity (Wildman–Crippen MR) is 135 cm³/mol. The van der Waals surface area contributed by atoms with E-state index in [0.29, 0.717) is 29.5 Å². The summed E-state index contributed by atoms with van der Waals surface area (Å²) in [5, 5.41) is 0.404. The molecule has 0 fully saturated rings.